The molecule has 0 fully saturated rings. The third-order valence-electron chi connectivity index (χ3n) is 5.76. The molecule has 0 aromatic heterocycles. The zero-order valence-corrected chi connectivity index (χ0v) is 21.9. The van der Waals surface area contributed by atoms with E-state index >= 15 is 0 Å². The van der Waals surface area contributed by atoms with Crippen molar-refractivity contribution in [1.29, 1.82) is 0 Å². The van der Waals surface area contributed by atoms with E-state index in [1.807, 2.05) is 48.5 Å². The molecule has 0 saturated heterocycles. The number of hydrogen-bond donors (Lipinski definition) is 1. The molecule has 35 heavy (non-hydrogen) atoms. The van der Waals surface area contributed by atoms with Crippen LogP contribution < -0.4 is 5.32 Å². The lowest BCUT2D eigenvalue weighted by atomic mass is 10.0. The van der Waals surface area contributed by atoms with Gasteiger partial charge in [0, 0.05) is 34.6 Å². The van der Waals surface area contributed by atoms with Crippen molar-refractivity contribution in [2.75, 3.05) is 6.54 Å². The number of benzene rings is 3. The van der Waals surface area contributed by atoms with E-state index in [4.69, 9.17) is 34.8 Å². The summed E-state index contributed by atoms with van der Waals surface area (Å²) < 4.78 is 0. The Morgan fingerprint density at radius 2 is 1.60 bits per heavy atom. The topological polar surface area (TPSA) is 49.4 Å². The molecule has 0 aliphatic heterocycles. The molecular formula is C28H29Cl3N2O2. The molecule has 0 aliphatic rings. The number of carbonyl (C=O) groups is 2. The maximum absolute atomic E-state index is 13.7. The second-order valence-corrected chi connectivity index (χ2v) is 9.63. The molecule has 4 nitrogen and oxygen atoms in total. The Morgan fingerprint density at radius 1 is 0.886 bits per heavy atom. The monoisotopic (exact) mass is 530 g/mol. The van der Waals surface area contributed by atoms with Crippen molar-refractivity contribution in [2.24, 2.45) is 0 Å². The van der Waals surface area contributed by atoms with E-state index in [1.165, 1.54) is 0 Å². The molecule has 184 valence electrons. The van der Waals surface area contributed by atoms with Crippen LogP contribution in [-0.2, 0) is 29.0 Å². The van der Waals surface area contributed by atoms with Gasteiger partial charge in [-0.1, -0.05) is 103 Å². The van der Waals surface area contributed by atoms with Crippen LogP contribution in [0.5, 0.6) is 0 Å². The SMILES string of the molecule is CCCCNC(=O)C(Cc1ccccc1)N(Cc1ccc(Cl)cc1Cl)C(=O)Cc1ccccc1Cl. The smallest absolute Gasteiger partial charge is 0.243 e. The summed E-state index contributed by atoms with van der Waals surface area (Å²) in [7, 11) is 0. The van der Waals surface area contributed by atoms with Gasteiger partial charge >= 0.3 is 0 Å². The van der Waals surface area contributed by atoms with Crippen LogP contribution >= 0.6 is 34.8 Å². The van der Waals surface area contributed by atoms with Crippen LogP contribution in [0.3, 0.4) is 0 Å². The molecule has 0 heterocycles. The first-order valence-electron chi connectivity index (χ1n) is 11.7. The summed E-state index contributed by atoms with van der Waals surface area (Å²) in [4.78, 5) is 28.8. The summed E-state index contributed by atoms with van der Waals surface area (Å²) in [5, 5.41) is 4.47. The predicted molar refractivity (Wildman–Crippen MR) is 144 cm³/mol. The van der Waals surface area contributed by atoms with Gasteiger partial charge in [0.15, 0.2) is 0 Å². The number of carbonyl (C=O) groups excluding carboxylic acids is 2. The van der Waals surface area contributed by atoms with Gasteiger partial charge in [0.05, 0.1) is 6.42 Å². The molecular weight excluding hydrogens is 503 g/mol. The molecule has 0 bridgehead atoms. The number of nitrogens with zero attached hydrogens (tertiary/aromatic N) is 1. The van der Waals surface area contributed by atoms with Crippen LogP contribution in [-0.4, -0.2) is 29.3 Å². The second-order valence-electron chi connectivity index (χ2n) is 8.38. The highest BCUT2D eigenvalue weighted by molar-refractivity contribution is 6.35. The van der Waals surface area contributed by atoms with Crippen molar-refractivity contribution in [1.82, 2.24) is 10.2 Å². The molecule has 0 aliphatic carbocycles. The summed E-state index contributed by atoms with van der Waals surface area (Å²) >= 11 is 18.9. The molecule has 3 rings (SSSR count). The van der Waals surface area contributed by atoms with Crippen molar-refractivity contribution < 1.29 is 9.59 Å². The third kappa shape index (κ3) is 7.99. The van der Waals surface area contributed by atoms with Crippen molar-refractivity contribution in [3.05, 3.63) is 105 Å². The van der Waals surface area contributed by atoms with E-state index in [-0.39, 0.29) is 24.8 Å². The Bertz CT molecular complexity index is 1140. The van der Waals surface area contributed by atoms with Crippen molar-refractivity contribution in [2.45, 2.75) is 45.2 Å². The molecule has 7 heteroatoms. The summed E-state index contributed by atoms with van der Waals surface area (Å²) in [6.45, 7) is 2.78. The van der Waals surface area contributed by atoms with Crippen LogP contribution in [0, 0.1) is 0 Å². The van der Waals surface area contributed by atoms with E-state index in [0.717, 1.165) is 18.4 Å². The van der Waals surface area contributed by atoms with Crippen molar-refractivity contribution >= 4 is 46.6 Å². The average molecular weight is 532 g/mol. The van der Waals surface area contributed by atoms with Gasteiger partial charge in [0.2, 0.25) is 11.8 Å². The highest BCUT2D eigenvalue weighted by Gasteiger charge is 2.31. The maximum Gasteiger partial charge on any atom is 0.243 e. The van der Waals surface area contributed by atoms with Gasteiger partial charge in [-0.05, 0) is 41.3 Å². The molecule has 1 N–H and O–H groups in total. The molecule has 2 amide bonds. The lowest BCUT2D eigenvalue weighted by Crippen LogP contribution is -2.51. The zero-order chi connectivity index (χ0) is 25.2. The molecule has 3 aromatic carbocycles. The minimum absolute atomic E-state index is 0.0679. The van der Waals surface area contributed by atoms with Crippen LogP contribution in [0.25, 0.3) is 0 Å². The number of halogens is 3. The fourth-order valence-electron chi connectivity index (χ4n) is 3.80. The molecule has 0 radical (unpaired) electrons. The molecule has 3 aromatic rings. The molecule has 0 spiro atoms. The fraction of sp³-hybridized carbons (Fsp3) is 0.286. The minimum Gasteiger partial charge on any atom is -0.354 e. The number of nitrogens with one attached hydrogen (secondary N) is 1. The first-order valence-corrected chi connectivity index (χ1v) is 12.8. The Hall–Kier alpha value is -2.53. The zero-order valence-electron chi connectivity index (χ0n) is 19.6. The van der Waals surface area contributed by atoms with Crippen molar-refractivity contribution in [3.8, 4) is 0 Å². The minimum atomic E-state index is -0.726. The largest absolute Gasteiger partial charge is 0.354 e. The predicted octanol–water partition coefficient (Wildman–Crippen LogP) is 6.75. The van der Waals surface area contributed by atoms with Gasteiger partial charge in [0.1, 0.15) is 6.04 Å². The Balaban J connectivity index is 1.98. The Labute approximate surface area is 222 Å². The van der Waals surface area contributed by atoms with E-state index in [2.05, 4.69) is 12.2 Å². The van der Waals surface area contributed by atoms with Gasteiger partial charge in [-0.3, -0.25) is 9.59 Å². The number of hydrogen-bond acceptors (Lipinski definition) is 2. The lowest BCUT2D eigenvalue weighted by Gasteiger charge is -2.32. The first kappa shape index (κ1) is 27.1. The summed E-state index contributed by atoms with van der Waals surface area (Å²) in [5.74, 6) is -0.407. The normalized spacial score (nSPS) is 11.7. The maximum atomic E-state index is 13.7. The number of rotatable bonds is 11. The summed E-state index contributed by atoms with van der Waals surface area (Å²) in [6, 6.07) is 21.4. The van der Waals surface area contributed by atoms with Gasteiger partial charge in [-0.15, -0.1) is 0 Å². The van der Waals surface area contributed by atoms with Gasteiger partial charge < -0.3 is 10.2 Å². The van der Waals surface area contributed by atoms with E-state index in [1.54, 1.807) is 29.2 Å². The Kier molecular flexibility index (Phi) is 10.5. The van der Waals surface area contributed by atoms with E-state index in [0.29, 0.717) is 39.2 Å². The van der Waals surface area contributed by atoms with Crippen molar-refractivity contribution in [3.63, 3.8) is 0 Å². The van der Waals surface area contributed by atoms with Gasteiger partial charge in [-0.2, -0.15) is 0 Å². The quantitative estimate of drug-likeness (QED) is 0.278. The standard InChI is InChI=1S/C28H29Cl3N2O2/c1-2-3-15-32-28(35)26(16-20-9-5-4-6-10-20)33(19-22-13-14-23(29)18-25(22)31)27(34)17-21-11-7-8-12-24(21)30/h4-14,18,26H,2-3,15-17,19H2,1H3,(H,32,35). The first-order chi connectivity index (χ1) is 16.9. The lowest BCUT2D eigenvalue weighted by molar-refractivity contribution is -0.140. The van der Waals surface area contributed by atoms with Crippen LogP contribution in [0.4, 0.5) is 0 Å². The molecule has 0 saturated carbocycles. The van der Waals surface area contributed by atoms with Gasteiger partial charge in [-0.25, -0.2) is 0 Å². The van der Waals surface area contributed by atoms with Crippen LogP contribution in [0.15, 0.2) is 72.8 Å². The fourth-order valence-corrected chi connectivity index (χ4v) is 4.47. The van der Waals surface area contributed by atoms with Crippen LogP contribution in [0.1, 0.15) is 36.5 Å². The average Bonchev–Trinajstić information content (AvgIpc) is 2.84. The van der Waals surface area contributed by atoms with E-state index < -0.39 is 6.04 Å². The highest BCUT2D eigenvalue weighted by atomic mass is 35.5. The second kappa shape index (κ2) is 13.5. The van der Waals surface area contributed by atoms with Crippen LogP contribution in [0.2, 0.25) is 15.1 Å². The summed E-state index contributed by atoms with van der Waals surface area (Å²) in [6.07, 6.45) is 2.26. The number of unbranched alkanes of at least 4 members (excludes halogenated alkanes) is 1. The Morgan fingerprint density at radius 3 is 2.29 bits per heavy atom. The molecule has 1 unspecified atom stereocenters. The van der Waals surface area contributed by atoms with Gasteiger partial charge in [0.25, 0.3) is 0 Å². The summed E-state index contributed by atoms with van der Waals surface area (Å²) in [5.41, 5.74) is 2.38. The third-order valence-corrected chi connectivity index (χ3v) is 6.71. The highest BCUT2D eigenvalue weighted by Crippen LogP contribution is 2.25. The number of amides is 2. The van der Waals surface area contributed by atoms with E-state index in [9.17, 15) is 9.59 Å². The molecule has 1 atom stereocenters.